The summed E-state index contributed by atoms with van der Waals surface area (Å²) in [6, 6.07) is 0.291. The van der Waals surface area contributed by atoms with Crippen LogP contribution in [0.15, 0.2) is 0 Å². The summed E-state index contributed by atoms with van der Waals surface area (Å²) in [4.78, 5) is 4.83. The number of nitrogens with zero attached hydrogens (tertiary/aromatic N) is 2. The van der Waals surface area contributed by atoms with Crippen molar-refractivity contribution in [3.8, 4) is 0 Å². The molecule has 0 radical (unpaired) electrons. The van der Waals surface area contributed by atoms with Gasteiger partial charge in [0.2, 0.25) is 0 Å². The second kappa shape index (κ2) is 7.40. The van der Waals surface area contributed by atoms with Crippen LogP contribution < -0.4 is 0 Å². The summed E-state index contributed by atoms with van der Waals surface area (Å²) < 4.78 is 10.7. The van der Waals surface area contributed by atoms with Gasteiger partial charge in [-0.05, 0) is 25.9 Å². The molecule has 2 rings (SSSR count). The number of aliphatic hydroxyl groups excluding tert-OH is 1. The van der Waals surface area contributed by atoms with E-state index in [2.05, 4.69) is 9.80 Å². The highest BCUT2D eigenvalue weighted by molar-refractivity contribution is 4.85. The first-order valence-corrected chi connectivity index (χ1v) is 7.01. The molecule has 18 heavy (non-hydrogen) atoms. The van der Waals surface area contributed by atoms with Crippen LogP contribution in [0, 0.1) is 0 Å². The van der Waals surface area contributed by atoms with Crippen molar-refractivity contribution >= 4 is 0 Å². The van der Waals surface area contributed by atoms with Gasteiger partial charge in [0.15, 0.2) is 0 Å². The molecule has 2 saturated heterocycles. The summed E-state index contributed by atoms with van der Waals surface area (Å²) in [7, 11) is 1.76. The first-order chi connectivity index (χ1) is 8.83. The molecule has 0 aliphatic carbocycles. The summed E-state index contributed by atoms with van der Waals surface area (Å²) in [6.45, 7) is 7.26. The van der Waals surface area contributed by atoms with Crippen LogP contribution >= 0.6 is 0 Å². The molecular formula is C13H26N2O3. The molecule has 0 unspecified atom stereocenters. The fourth-order valence-corrected chi connectivity index (χ4v) is 2.89. The smallest absolute Gasteiger partial charge is 0.0714 e. The van der Waals surface area contributed by atoms with Gasteiger partial charge in [-0.2, -0.15) is 0 Å². The van der Waals surface area contributed by atoms with Crippen molar-refractivity contribution in [2.75, 3.05) is 59.7 Å². The van der Waals surface area contributed by atoms with Crippen molar-refractivity contribution in [1.29, 1.82) is 0 Å². The molecule has 5 heteroatoms. The minimum absolute atomic E-state index is 0.247. The molecule has 0 amide bonds. The SMILES string of the molecule is CO[C@@H]1C[C@@H](CO)N(CCCN2CCOCC2)C1. The number of ether oxygens (including phenoxy) is 2. The van der Waals surface area contributed by atoms with E-state index in [9.17, 15) is 5.11 Å². The average molecular weight is 258 g/mol. The maximum Gasteiger partial charge on any atom is 0.0714 e. The molecule has 0 aromatic heterocycles. The van der Waals surface area contributed by atoms with Crippen molar-refractivity contribution < 1.29 is 14.6 Å². The highest BCUT2D eigenvalue weighted by Crippen LogP contribution is 2.19. The van der Waals surface area contributed by atoms with Crippen molar-refractivity contribution in [1.82, 2.24) is 9.80 Å². The van der Waals surface area contributed by atoms with E-state index in [0.29, 0.717) is 12.1 Å². The minimum Gasteiger partial charge on any atom is -0.395 e. The topological polar surface area (TPSA) is 45.2 Å². The molecule has 0 saturated carbocycles. The molecule has 2 atom stereocenters. The van der Waals surface area contributed by atoms with Crippen LogP contribution in [0.2, 0.25) is 0 Å². The summed E-state index contributed by atoms with van der Waals surface area (Å²) in [5, 5.41) is 9.37. The van der Waals surface area contributed by atoms with Crippen LogP contribution in [0.3, 0.4) is 0 Å². The quantitative estimate of drug-likeness (QED) is 0.714. The van der Waals surface area contributed by atoms with Gasteiger partial charge in [0, 0.05) is 32.8 Å². The highest BCUT2D eigenvalue weighted by Gasteiger charge is 2.31. The van der Waals surface area contributed by atoms with Crippen LogP contribution in [0.4, 0.5) is 0 Å². The molecule has 5 nitrogen and oxygen atoms in total. The lowest BCUT2D eigenvalue weighted by molar-refractivity contribution is 0.0352. The third-order valence-corrected chi connectivity index (χ3v) is 4.06. The third-order valence-electron chi connectivity index (χ3n) is 4.06. The first kappa shape index (κ1) is 14.2. The van der Waals surface area contributed by atoms with Crippen molar-refractivity contribution in [3.63, 3.8) is 0 Å². The van der Waals surface area contributed by atoms with Crippen molar-refractivity contribution in [2.45, 2.75) is 25.0 Å². The van der Waals surface area contributed by atoms with Gasteiger partial charge in [-0.1, -0.05) is 0 Å². The van der Waals surface area contributed by atoms with E-state index in [1.807, 2.05) is 0 Å². The zero-order valence-electron chi connectivity index (χ0n) is 11.4. The van der Waals surface area contributed by atoms with Gasteiger partial charge in [0.25, 0.3) is 0 Å². The lowest BCUT2D eigenvalue weighted by Gasteiger charge is -2.28. The Kier molecular flexibility index (Phi) is 5.85. The largest absolute Gasteiger partial charge is 0.395 e. The predicted molar refractivity (Wildman–Crippen MR) is 69.7 cm³/mol. The van der Waals surface area contributed by atoms with Crippen LogP contribution in [0.1, 0.15) is 12.8 Å². The monoisotopic (exact) mass is 258 g/mol. The number of hydrogen-bond donors (Lipinski definition) is 1. The van der Waals surface area contributed by atoms with E-state index in [4.69, 9.17) is 9.47 Å². The van der Waals surface area contributed by atoms with Crippen LogP contribution in [-0.4, -0.2) is 86.7 Å². The van der Waals surface area contributed by atoms with Crippen LogP contribution in [0.25, 0.3) is 0 Å². The molecule has 2 aliphatic rings. The van der Waals surface area contributed by atoms with E-state index in [0.717, 1.165) is 58.8 Å². The lowest BCUT2D eigenvalue weighted by Crippen LogP contribution is -2.39. The van der Waals surface area contributed by atoms with Crippen molar-refractivity contribution in [3.05, 3.63) is 0 Å². The molecular weight excluding hydrogens is 232 g/mol. The third kappa shape index (κ3) is 3.90. The zero-order valence-corrected chi connectivity index (χ0v) is 11.4. The second-order valence-electron chi connectivity index (χ2n) is 5.23. The van der Waals surface area contributed by atoms with Crippen molar-refractivity contribution in [2.24, 2.45) is 0 Å². The van der Waals surface area contributed by atoms with Gasteiger partial charge >= 0.3 is 0 Å². The standard InChI is InChI=1S/C13H26N2O3/c1-17-13-9-12(11-16)15(10-13)4-2-3-14-5-7-18-8-6-14/h12-13,16H,2-11H2,1H3/t12-,13+/m0/s1. The summed E-state index contributed by atoms with van der Waals surface area (Å²) in [5.41, 5.74) is 0. The Hall–Kier alpha value is -0.200. The Morgan fingerprint density at radius 3 is 2.72 bits per heavy atom. The number of aliphatic hydroxyl groups is 1. The first-order valence-electron chi connectivity index (χ1n) is 7.01. The summed E-state index contributed by atoms with van der Waals surface area (Å²) in [6.07, 6.45) is 2.42. The Labute approximate surface area is 110 Å². The number of likely N-dealkylation sites (tertiary alicyclic amines) is 1. The predicted octanol–water partition coefficient (Wildman–Crippen LogP) is -0.210. The molecule has 2 aliphatic heterocycles. The minimum atomic E-state index is 0.247. The van der Waals surface area contributed by atoms with Crippen LogP contribution in [-0.2, 0) is 9.47 Å². The molecule has 0 spiro atoms. The Morgan fingerprint density at radius 2 is 2.06 bits per heavy atom. The van der Waals surface area contributed by atoms with E-state index < -0.39 is 0 Å². The maximum atomic E-state index is 9.37. The Bertz CT molecular complexity index is 234. The molecule has 0 aromatic rings. The number of rotatable bonds is 6. The van der Waals surface area contributed by atoms with Gasteiger partial charge in [0.1, 0.15) is 0 Å². The highest BCUT2D eigenvalue weighted by atomic mass is 16.5. The van der Waals surface area contributed by atoms with E-state index in [1.165, 1.54) is 0 Å². The lowest BCUT2D eigenvalue weighted by atomic mass is 10.2. The number of hydrogen-bond acceptors (Lipinski definition) is 5. The van der Waals surface area contributed by atoms with E-state index >= 15 is 0 Å². The van der Waals surface area contributed by atoms with Crippen LogP contribution in [0.5, 0.6) is 0 Å². The maximum absolute atomic E-state index is 9.37. The van der Waals surface area contributed by atoms with E-state index in [-0.39, 0.29) is 6.61 Å². The Balaban J connectivity index is 1.65. The summed E-state index contributed by atoms with van der Waals surface area (Å²) >= 11 is 0. The normalized spacial score (nSPS) is 31.0. The van der Waals surface area contributed by atoms with Gasteiger partial charge < -0.3 is 14.6 Å². The molecule has 106 valence electrons. The fourth-order valence-electron chi connectivity index (χ4n) is 2.89. The number of morpholine rings is 1. The van der Waals surface area contributed by atoms with Gasteiger partial charge in [-0.25, -0.2) is 0 Å². The fraction of sp³-hybridized carbons (Fsp3) is 1.00. The molecule has 0 bridgehead atoms. The summed E-state index contributed by atoms with van der Waals surface area (Å²) in [5.74, 6) is 0. The molecule has 2 heterocycles. The molecule has 2 fully saturated rings. The van der Waals surface area contributed by atoms with Gasteiger partial charge in [-0.15, -0.1) is 0 Å². The second-order valence-corrected chi connectivity index (χ2v) is 5.23. The Morgan fingerprint density at radius 1 is 1.28 bits per heavy atom. The van der Waals surface area contributed by atoms with Gasteiger partial charge in [0.05, 0.1) is 25.9 Å². The zero-order chi connectivity index (χ0) is 12.8. The van der Waals surface area contributed by atoms with Gasteiger partial charge in [-0.3, -0.25) is 9.80 Å². The average Bonchev–Trinajstić information content (AvgIpc) is 2.82. The van der Waals surface area contributed by atoms with E-state index in [1.54, 1.807) is 7.11 Å². The molecule has 0 aromatic carbocycles. The number of methoxy groups -OCH3 is 1. The molecule has 1 N–H and O–H groups in total.